The lowest BCUT2D eigenvalue weighted by molar-refractivity contribution is -0.304. The zero-order valence-electron chi connectivity index (χ0n) is 29.4. The molecule has 2 atom stereocenters. The molecule has 45 heavy (non-hydrogen) atoms. The van der Waals surface area contributed by atoms with Gasteiger partial charge in [-0.3, -0.25) is 14.4 Å². The van der Waals surface area contributed by atoms with Gasteiger partial charge in [-0.1, -0.05) is 110 Å². The van der Waals surface area contributed by atoms with Crippen LogP contribution in [-0.2, 0) is 23.9 Å². The van der Waals surface area contributed by atoms with Crippen LogP contribution in [0, 0.1) is 11.3 Å². The molecule has 8 nitrogen and oxygen atoms in total. The molecule has 1 aliphatic carbocycles. The van der Waals surface area contributed by atoms with E-state index in [0.29, 0.717) is 25.9 Å². The fourth-order valence-electron chi connectivity index (χ4n) is 6.75. The highest BCUT2D eigenvalue weighted by molar-refractivity contribution is 5.83. The zero-order chi connectivity index (χ0) is 33.2. The first-order valence-electron chi connectivity index (χ1n) is 18.2. The van der Waals surface area contributed by atoms with Gasteiger partial charge in [-0.05, 0) is 58.8 Å². The topological polar surface area (TPSA) is 114 Å². The molecule has 1 aliphatic heterocycles. The third kappa shape index (κ3) is 14.6. The summed E-state index contributed by atoms with van der Waals surface area (Å²) in [7, 11) is 0. The van der Waals surface area contributed by atoms with Crippen molar-refractivity contribution < 1.29 is 29.0 Å². The summed E-state index contributed by atoms with van der Waals surface area (Å²) in [5.74, 6) is -3.24. The van der Waals surface area contributed by atoms with Gasteiger partial charge in [0.2, 0.25) is 11.8 Å². The molecule has 2 aliphatic rings. The minimum Gasteiger partial charge on any atom is -0.481 e. The Morgan fingerprint density at radius 3 is 1.96 bits per heavy atom. The predicted molar refractivity (Wildman–Crippen MR) is 181 cm³/mol. The summed E-state index contributed by atoms with van der Waals surface area (Å²) in [6.45, 7) is 9.91. The van der Waals surface area contributed by atoms with E-state index in [-0.39, 0.29) is 18.4 Å². The molecule has 1 heterocycles. The van der Waals surface area contributed by atoms with E-state index in [2.05, 4.69) is 29.7 Å². The molecule has 260 valence electrons. The van der Waals surface area contributed by atoms with Crippen LogP contribution < -0.4 is 10.6 Å². The van der Waals surface area contributed by atoms with Crippen molar-refractivity contribution in [1.82, 2.24) is 10.6 Å². The second kappa shape index (κ2) is 20.3. The SMILES string of the molecule is CCCCCCCC/C=C\CCCCCCCC(=O)NC1(C(CNC(=O)C2OC(C)(C)OCC2(C)C)C(=O)O)CCCCCC1. The molecule has 0 aromatic carbocycles. The largest absolute Gasteiger partial charge is 0.481 e. The van der Waals surface area contributed by atoms with Crippen LogP contribution in [0.5, 0.6) is 0 Å². The molecule has 1 saturated carbocycles. The number of hydrogen-bond donors (Lipinski definition) is 3. The number of carboxylic acid groups (broad SMARTS) is 1. The van der Waals surface area contributed by atoms with Crippen molar-refractivity contribution in [3.05, 3.63) is 12.2 Å². The van der Waals surface area contributed by atoms with Gasteiger partial charge in [0.25, 0.3) is 0 Å². The summed E-state index contributed by atoms with van der Waals surface area (Å²) in [6, 6.07) is 0. The lowest BCUT2D eigenvalue weighted by Crippen LogP contribution is -2.61. The first-order chi connectivity index (χ1) is 21.4. The van der Waals surface area contributed by atoms with Crippen molar-refractivity contribution in [2.75, 3.05) is 13.2 Å². The standard InChI is InChI=1S/C37H66N2O6/c1-6-7-8-9-10-11-12-13-14-15-16-17-18-19-22-25-31(40)39-37(26-23-20-21-24-27-37)30(34(42)43)28-38-33(41)32-35(2,3)29-44-36(4,5)45-32/h13-14,30,32H,6-12,15-29H2,1-5H3,(H,38,41)(H,39,40)(H,42,43)/b14-13-. The van der Waals surface area contributed by atoms with Gasteiger partial charge in [0.15, 0.2) is 5.79 Å². The Morgan fingerprint density at radius 1 is 0.822 bits per heavy atom. The van der Waals surface area contributed by atoms with Crippen LogP contribution in [0.15, 0.2) is 12.2 Å². The molecule has 8 heteroatoms. The predicted octanol–water partition coefficient (Wildman–Crippen LogP) is 8.23. The molecule has 2 fully saturated rings. The summed E-state index contributed by atoms with van der Waals surface area (Å²) >= 11 is 0. The number of aliphatic carboxylic acids is 1. The molecule has 0 radical (unpaired) electrons. The average Bonchev–Trinajstić information content (AvgIpc) is 3.22. The van der Waals surface area contributed by atoms with Gasteiger partial charge in [0.05, 0.1) is 18.1 Å². The number of carboxylic acids is 1. The van der Waals surface area contributed by atoms with Crippen LogP contribution in [0.1, 0.15) is 163 Å². The molecule has 0 aromatic rings. The highest BCUT2D eigenvalue weighted by atomic mass is 16.7. The van der Waals surface area contributed by atoms with Gasteiger partial charge in [0.1, 0.15) is 6.10 Å². The van der Waals surface area contributed by atoms with Gasteiger partial charge < -0.3 is 25.2 Å². The van der Waals surface area contributed by atoms with Crippen LogP contribution in [0.4, 0.5) is 0 Å². The molecule has 2 unspecified atom stereocenters. The summed E-state index contributed by atoms with van der Waals surface area (Å²) in [5, 5.41) is 16.5. The number of carbonyl (C=O) groups is 3. The van der Waals surface area contributed by atoms with Crippen molar-refractivity contribution in [3.63, 3.8) is 0 Å². The molecule has 0 spiro atoms. The normalized spacial score (nSPS) is 21.6. The maximum atomic E-state index is 13.3. The summed E-state index contributed by atoms with van der Waals surface area (Å²) in [6.07, 6.45) is 24.9. The van der Waals surface area contributed by atoms with Crippen LogP contribution in [0.25, 0.3) is 0 Å². The number of hydrogen-bond acceptors (Lipinski definition) is 5. The number of allylic oxidation sites excluding steroid dienone is 2. The Hall–Kier alpha value is -1.93. The smallest absolute Gasteiger partial charge is 0.310 e. The third-order valence-corrected chi connectivity index (χ3v) is 9.64. The van der Waals surface area contributed by atoms with Gasteiger partial charge in [0, 0.05) is 18.4 Å². The molecule has 1 saturated heterocycles. The molecule has 0 bridgehead atoms. The first-order valence-corrected chi connectivity index (χ1v) is 18.2. The molecule has 2 amide bonds. The molecule has 0 aromatic heterocycles. The van der Waals surface area contributed by atoms with Crippen molar-refractivity contribution >= 4 is 17.8 Å². The third-order valence-electron chi connectivity index (χ3n) is 9.64. The quantitative estimate of drug-likeness (QED) is 0.0666. The number of ether oxygens (including phenoxy) is 2. The Labute approximate surface area is 274 Å². The van der Waals surface area contributed by atoms with Crippen molar-refractivity contribution in [2.24, 2.45) is 11.3 Å². The monoisotopic (exact) mass is 634 g/mol. The van der Waals surface area contributed by atoms with Crippen LogP contribution in [0.2, 0.25) is 0 Å². The maximum Gasteiger partial charge on any atom is 0.310 e. The van der Waals surface area contributed by atoms with Crippen LogP contribution >= 0.6 is 0 Å². The summed E-state index contributed by atoms with van der Waals surface area (Å²) in [5.41, 5.74) is -1.43. The van der Waals surface area contributed by atoms with Crippen LogP contribution in [0.3, 0.4) is 0 Å². The average molecular weight is 635 g/mol. The van der Waals surface area contributed by atoms with Crippen molar-refractivity contribution in [3.8, 4) is 0 Å². The Bertz CT molecular complexity index is 907. The second-order valence-electron chi connectivity index (χ2n) is 14.8. The van der Waals surface area contributed by atoms with E-state index in [1.807, 2.05) is 13.8 Å². The van der Waals surface area contributed by atoms with E-state index in [4.69, 9.17) is 9.47 Å². The molecule has 3 N–H and O–H groups in total. The van der Waals surface area contributed by atoms with E-state index in [0.717, 1.165) is 51.4 Å². The fourth-order valence-corrected chi connectivity index (χ4v) is 6.75. The van der Waals surface area contributed by atoms with E-state index in [1.165, 1.54) is 57.8 Å². The van der Waals surface area contributed by atoms with E-state index in [9.17, 15) is 19.5 Å². The Balaban J connectivity index is 1.80. The number of carbonyl (C=O) groups excluding carboxylic acids is 2. The lowest BCUT2D eigenvalue weighted by Gasteiger charge is -2.45. The van der Waals surface area contributed by atoms with Gasteiger partial charge >= 0.3 is 5.97 Å². The summed E-state index contributed by atoms with van der Waals surface area (Å²) < 4.78 is 11.7. The highest BCUT2D eigenvalue weighted by Gasteiger charge is 2.48. The van der Waals surface area contributed by atoms with E-state index >= 15 is 0 Å². The van der Waals surface area contributed by atoms with Crippen molar-refractivity contribution in [1.29, 1.82) is 0 Å². The van der Waals surface area contributed by atoms with E-state index < -0.39 is 34.7 Å². The van der Waals surface area contributed by atoms with Crippen molar-refractivity contribution in [2.45, 2.75) is 180 Å². The van der Waals surface area contributed by atoms with Gasteiger partial charge in [-0.2, -0.15) is 0 Å². The summed E-state index contributed by atoms with van der Waals surface area (Å²) in [4.78, 5) is 39.2. The van der Waals surface area contributed by atoms with Gasteiger partial charge in [-0.25, -0.2) is 0 Å². The Kier molecular flexibility index (Phi) is 17.7. The van der Waals surface area contributed by atoms with Gasteiger partial charge in [-0.15, -0.1) is 0 Å². The molecular weight excluding hydrogens is 568 g/mol. The zero-order valence-corrected chi connectivity index (χ0v) is 29.4. The Morgan fingerprint density at radius 2 is 1.38 bits per heavy atom. The second-order valence-corrected chi connectivity index (χ2v) is 14.8. The van der Waals surface area contributed by atoms with E-state index in [1.54, 1.807) is 13.8 Å². The number of unbranched alkanes of at least 4 members (excludes halogenated alkanes) is 11. The minimum absolute atomic E-state index is 0.0565. The fraction of sp³-hybridized carbons (Fsp3) is 0.865. The first kappa shape index (κ1) is 39.2. The number of nitrogens with one attached hydrogen (secondary N) is 2. The lowest BCUT2D eigenvalue weighted by atomic mass is 9.77. The molecule has 2 rings (SSSR count). The molecular formula is C37H66N2O6. The van der Waals surface area contributed by atoms with Crippen LogP contribution in [-0.4, -0.2) is 53.5 Å². The minimum atomic E-state index is -0.994. The number of amides is 2. The highest BCUT2D eigenvalue weighted by Crippen LogP contribution is 2.36. The number of rotatable bonds is 21. The maximum absolute atomic E-state index is 13.3.